The molecule has 2 aromatic rings. The van der Waals surface area contributed by atoms with Crippen LogP contribution in [0, 0.1) is 6.92 Å². The van der Waals surface area contributed by atoms with Gasteiger partial charge in [-0.05, 0) is 42.2 Å². The summed E-state index contributed by atoms with van der Waals surface area (Å²) in [6.45, 7) is 6.50. The minimum Gasteiger partial charge on any atom is -0.439 e. The van der Waals surface area contributed by atoms with Crippen molar-refractivity contribution in [3.63, 3.8) is 0 Å². The van der Waals surface area contributed by atoms with Crippen LogP contribution in [0.4, 0.5) is 5.82 Å². The largest absolute Gasteiger partial charge is 0.439 e. The molecule has 100 valence electrons. The van der Waals surface area contributed by atoms with Crippen LogP contribution in [0.25, 0.3) is 0 Å². The van der Waals surface area contributed by atoms with E-state index < -0.39 is 0 Å². The van der Waals surface area contributed by atoms with E-state index in [1.807, 2.05) is 31.3 Å². The predicted octanol–water partition coefficient (Wildman–Crippen LogP) is 4.35. The lowest BCUT2D eigenvalue weighted by Gasteiger charge is -2.12. The highest BCUT2D eigenvalue weighted by molar-refractivity contribution is 5.40. The molecule has 3 nitrogen and oxygen atoms in total. The molecule has 0 aliphatic rings. The zero-order valence-electron chi connectivity index (χ0n) is 11.9. The van der Waals surface area contributed by atoms with Crippen molar-refractivity contribution in [1.29, 1.82) is 0 Å². The molecule has 19 heavy (non-hydrogen) atoms. The number of pyridine rings is 1. The van der Waals surface area contributed by atoms with E-state index in [4.69, 9.17) is 4.74 Å². The van der Waals surface area contributed by atoms with Crippen molar-refractivity contribution < 1.29 is 4.74 Å². The molecule has 1 heterocycles. The van der Waals surface area contributed by atoms with Gasteiger partial charge in [0.1, 0.15) is 11.6 Å². The zero-order valence-corrected chi connectivity index (χ0v) is 11.9. The van der Waals surface area contributed by atoms with Crippen LogP contribution in [0.1, 0.15) is 30.9 Å². The summed E-state index contributed by atoms with van der Waals surface area (Å²) in [6.07, 6.45) is 0. The van der Waals surface area contributed by atoms with Gasteiger partial charge in [-0.15, -0.1) is 0 Å². The highest BCUT2D eigenvalue weighted by Crippen LogP contribution is 2.26. The van der Waals surface area contributed by atoms with E-state index in [0.717, 1.165) is 11.6 Å². The van der Waals surface area contributed by atoms with Gasteiger partial charge in [-0.2, -0.15) is 4.98 Å². The molecule has 1 aromatic carbocycles. The number of aryl methyl sites for hydroxylation is 1. The van der Waals surface area contributed by atoms with Gasteiger partial charge in [0.2, 0.25) is 5.88 Å². The molecular weight excluding hydrogens is 236 g/mol. The maximum absolute atomic E-state index is 5.79. The Labute approximate surface area is 114 Å². The lowest BCUT2D eigenvalue weighted by atomic mass is 9.98. The third-order valence-corrected chi connectivity index (χ3v) is 3.07. The van der Waals surface area contributed by atoms with Gasteiger partial charge in [-0.3, -0.25) is 0 Å². The van der Waals surface area contributed by atoms with Gasteiger partial charge in [0, 0.05) is 13.1 Å². The number of nitrogens with one attached hydrogen (secondary N) is 1. The second-order valence-corrected chi connectivity index (χ2v) is 4.89. The topological polar surface area (TPSA) is 34.1 Å². The molecule has 0 aliphatic heterocycles. The van der Waals surface area contributed by atoms with Gasteiger partial charge in [0.05, 0.1) is 0 Å². The fourth-order valence-electron chi connectivity index (χ4n) is 2.09. The first kappa shape index (κ1) is 13.4. The summed E-state index contributed by atoms with van der Waals surface area (Å²) < 4.78 is 5.79. The fraction of sp³-hybridized carbons (Fsp3) is 0.312. The molecule has 1 N–H and O–H groups in total. The maximum Gasteiger partial charge on any atom is 0.221 e. The molecule has 0 saturated heterocycles. The summed E-state index contributed by atoms with van der Waals surface area (Å²) in [7, 11) is 1.84. The van der Waals surface area contributed by atoms with Gasteiger partial charge < -0.3 is 10.1 Å². The lowest BCUT2D eigenvalue weighted by Crippen LogP contribution is -1.96. The summed E-state index contributed by atoms with van der Waals surface area (Å²) in [5, 5.41) is 3.00. The minimum atomic E-state index is 0.528. The lowest BCUT2D eigenvalue weighted by molar-refractivity contribution is 0.463. The molecule has 0 fully saturated rings. The Bertz CT molecular complexity index is 564. The smallest absolute Gasteiger partial charge is 0.221 e. The van der Waals surface area contributed by atoms with Crippen LogP contribution >= 0.6 is 0 Å². The average molecular weight is 256 g/mol. The van der Waals surface area contributed by atoms with Crippen molar-refractivity contribution in [1.82, 2.24) is 4.98 Å². The minimum absolute atomic E-state index is 0.528. The van der Waals surface area contributed by atoms with Gasteiger partial charge >= 0.3 is 0 Å². The number of rotatable bonds is 4. The molecular formula is C16H20N2O. The van der Waals surface area contributed by atoms with Crippen LogP contribution in [0.5, 0.6) is 11.6 Å². The molecule has 0 aliphatic carbocycles. The normalized spacial score (nSPS) is 10.6. The highest BCUT2D eigenvalue weighted by Gasteiger charge is 2.06. The van der Waals surface area contributed by atoms with E-state index in [1.165, 1.54) is 11.1 Å². The molecule has 2 rings (SSSR count). The van der Waals surface area contributed by atoms with Crippen molar-refractivity contribution >= 4 is 5.82 Å². The quantitative estimate of drug-likeness (QED) is 0.883. The number of nitrogens with zero attached hydrogens (tertiary/aromatic N) is 1. The molecule has 0 amide bonds. The van der Waals surface area contributed by atoms with E-state index in [1.54, 1.807) is 0 Å². The molecule has 0 unspecified atom stereocenters. The molecule has 1 aromatic heterocycles. The molecule has 0 spiro atoms. The molecule has 0 saturated carbocycles. The average Bonchev–Trinajstić information content (AvgIpc) is 2.38. The number of ether oxygens (including phenoxy) is 1. The number of hydrogen-bond acceptors (Lipinski definition) is 3. The van der Waals surface area contributed by atoms with Crippen LogP contribution in [-0.4, -0.2) is 12.0 Å². The van der Waals surface area contributed by atoms with E-state index in [2.05, 4.69) is 43.2 Å². The van der Waals surface area contributed by atoms with Gasteiger partial charge in [0.15, 0.2) is 0 Å². The number of anilines is 1. The van der Waals surface area contributed by atoms with Crippen molar-refractivity contribution in [2.75, 3.05) is 12.4 Å². The zero-order chi connectivity index (χ0) is 13.8. The molecule has 0 atom stereocenters. The Balaban J connectivity index is 2.21. The van der Waals surface area contributed by atoms with Crippen LogP contribution < -0.4 is 10.1 Å². The van der Waals surface area contributed by atoms with Crippen molar-refractivity contribution in [3.8, 4) is 11.6 Å². The predicted molar refractivity (Wildman–Crippen MR) is 79.1 cm³/mol. The molecule has 3 heteroatoms. The standard InChI is InChI=1S/C16H20N2O/c1-11(2)14-9-8-13(10-12(14)3)19-16-7-5-6-15(17-4)18-16/h5-11H,1-4H3,(H,17,18). The van der Waals surface area contributed by atoms with E-state index in [0.29, 0.717) is 11.8 Å². The molecule has 0 radical (unpaired) electrons. The summed E-state index contributed by atoms with van der Waals surface area (Å²) in [6, 6.07) is 11.9. The first-order valence-electron chi connectivity index (χ1n) is 6.53. The third-order valence-electron chi connectivity index (χ3n) is 3.07. The third kappa shape index (κ3) is 3.25. The van der Waals surface area contributed by atoms with Crippen molar-refractivity contribution in [2.45, 2.75) is 26.7 Å². The fourth-order valence-corrected chi connectivity index (χ4v) is 2.09. The summed E-state index contributed by atoms with van der Waals surface area (Å²) >= 11 is 0. The van der Waals surface area contributed by atoms with Gasteiger partial charge in [0.25, 0.3) is 0 Å². The number of hydrogen-bond donors (Lipinski definition) is 1. The summed E-state index contributed by atoms with van der Waals surface area (Å²) in [4.78, 5) is 4.34. The SMILES string of the molecule is CNc1cccc(Oc2ccc(C(C)C)c(C)c2)n1. The Kier molecular flexibility index (Phi) is 4.05. The highest BCUT2D eigenvalue weighted by atomic mass is 16.5. The summed E-state index contributed by atoms with van der Waals surface area (Å²) in [5.74, 6) is 2.75. The summed E-state index contributed by atoms with van der Waals surface area (Å²) in [5.41, 5.74) is 2.60. The monoisotopic (exact) mass is 256 g/mol. The number of aromatic nitrogens is 1. The second kappa shape index (κ2) is 5.74. The Morgan fingerprint density at radius 2 is 1.95 bits per heavy atom. The van der Waals surface area contributed by atoms with E-state index in [-0.39, 0.29) is 0 Å². The Hall–Kier alpha value is -2.03. The van der Waals surface area contributed by atoms with Gasteiger partial charge in [-0.25, -0.2) is 0 Å². The first-order chi connectivity index (χ1) is 9.10. The Morgan fingerprint density at radius 1 is 1.16 bits per heavy atom. The van der Waals surface area contributed by atoms with E-state index >= 15 is 0 Å². The van der Waals surface area contributed by atoms with Gasteiger partial charge in [-0.1, -0.05) is 26.0 Å². The van der Waals surface area contributed by atoms with Crippen LogP contribution in [0.15, 0.2) is 36.4 Å². The number of benzene rings is 1. The van der Waals surface area contributed by atoms with Crippen LogP contribution in [0.2, 0.25) is 0 Å². The van der Waals surface area contributed by atoms with Crippen LogP contribution in [-0.2, 0) is 0 Å². The van der Waals surface area contributed by atoms with Crippen LogP contribution in [0.3, 0.4) is 0 Å². The Morgan fingerprint density at radius 3 is 2.58 bits per heavy atom. The maximum atomic E-state index is 5.79. The van der Waals surface area contributed by atoms with Crippen molar-refractivity contribution in [3.05, 3.63) is 47.5 Å². The van der Waals surface area contributed by atoms with E-state index in [9.17, 15) is 0 Å². The molecule has 0 bridgehead atoms. The second-order valence-electron chi connectivity index (χ2n) is 4.89. The first-order valence-corrected chi connectivity index (χ1v) is 6.53. The van der Waals surface area contributed by atoms with Crippen molar-refractivity contribution in [2.24, 2.45) is 0 Å².